The van der Waals surface area contributed by atoms with Gasteiger partial charge in [0.15, 0.2) is 34.6 Å². The highest BCUT2D eigenvalue weighted by Gasteiger charge is 2.06. The van der Waals surface area contributed by atoms with Gasteiger partial charge in [0.2, 0.25) is 0 Å². The van der Waals surface area contributed by atoms with Crippen molar-refractivity contribution >= 4 is 11.6 Å². The van der Waals surface area contributed by atoms with Crippen LogP contribution in [-0.4, -0.2) is 32.0 Å². The van der Waals surface area contributed by atoms with E-state index in [0.29, 0.717) is 24.0 Å². The molecule has 6 nitrogen and oxygen atoms in total. The van der Waals surface area contributed by atoms with Gasteiger partial charge in [-0.1, -0.05) is 13.8 Å². The largest absolute Gasteiger partial charge is 0.504 e. The Labute approximate surface area is 139 Å². The van der Waals surface area contributed by atoms with Gasteiger partial charge in [-0.05, 0) is 36.4 Å². The molecule has 0 aromatic heterocycles. The molecule has 0 amide bonds. The van der Waals surface area contributed by atoms with Crippen molar-refractivity contribution in [2.75, 3.05) is 0 Å². The number of ketones is 2. The van der Waals surface area contributed by atoms with Gasteiger partial charge in [0, 0.05) is 24.0 Å². The molecule has 0 saturated carbocycles. The fourth-order valence-corrected chi connectivity index (χ4v) is 1.80. The SMILES string of the molecule is CCC(=O)c1ccc(O)c(O)c1.CCC(=O)c1ccc(O)c(O)c1. The summed E-state index contributed by atoms with van der Waals surface area (Å²) in [6, 6.07) is 8.11. The molecule has 2 aromatic rings. The highest BCUT2D eigenvalue weighted by Crippen LogP contribution is 2.26. The van der Waals surface area contributed by atoms with Crippen molar-refractivity contribution in [2.45, 2.75) is 26.7 Å². The molecular formula is C18H20O6. The number of hydrogen-bond donors (Lipinski definition) is 4. The predicted octanol–water partition coefficient (Wildman–Crippen LogP) is 3.38. The first-order valence-electron chi connectivity index (χ1n) is 7.40. The van der Waals surface area contributed by atoms with Gasteiger partial charge in [-0.2, -0.15) is 0 Å². The van der Waals surface area contributed by atoms with Gasteiger partial charge >= 0.3 is 0 Å². The number of Topliss-reactive ketones (excluding diaryl/α,β-unsaturated/α-hetero) is 2. The zero-order valence-corrected chi connectivity index (χ0v) is 13.5. The smallest absolute Gasteiger partial charge is 0.162 e. The number of aromatic hydroxyl groups is 4. The molecule has 0 spiro atoms. The third-order valence-electron chi connectivity index (χ3n) is 3.24. The van der Waals surface area contributed by atoms with E-state index < -0.39 is 0 Å². The van der Waals surface area contributed by atoms with E-state index in [9.17, 15) is 9.59 Å². The van der Waals surface area contributed by atoms with Gasteiger partial charge in [-0.25, -0.2) is 0 Å². The number of hydrogen-bond acceptors (Lipinski definition) is 6. The van der Waals surface area contributed by atoms with Crippen LogP contribution in [0.15, 0.2) is 36.4 Å². The maximum atomic E-state index is 11.1. The predicted molar refractivity (Wildman–Crippen MR) is 88.8 cm³/mol. The van der Waals surface area contributed by atoms with Crippen molar-refractivity contribution in [1.82, 2.24) is 0 Å². The zero-order chi connectivity index (χ0) is 18.3. The lowest BCUT2D eigenvalue weighted by molar-refractivity contribution is 0.0980. The Hall–Kier alpha value is -3.02. The Morgan fingerprint density at radius 1 is 0.667 bits per heavy atom. The summed E-state index contributed by atoms with van der Waals surface area (Å²) in [6.45, 7) is 3.48. The molecule has 0 bridgehead atoms. The van der Waals surface area contributed by atoms with E-state index in [1.165, 1.54) is 36.4 Å². The zero-order valence-electron chi connectivity index (χ0n) is 13.5. The van der Waals surface area contributed by atoms with Crippen LogP contribution in [0.25, 0.3) is 0 Å². The van der Waals surface area contributed by atoms with Crippen LogP contribution in [-0.2, 0) is 0 Å². The Bertz CT molecular complexity index is 673. The number of carbonyl (C=O) groups excluding carboxylic acids is 2. The summed E-state index contributed by atoms with van der Waals surface area (Å²) in [7, 11) is 0. The van der Waals surface area contributed by atoms with Crippen molar-refractivity contribution in [1.29, 1.82) is 0 Å². The molecule has 24 heavy (non-hydrogen) atoms. The maximum Gasteiger partial charge on any atom is 0.162 e. The molecule has 0 atom stereocenters. The quantitative estimate of drug-likeness (QED) is 0.504. The lowest BCUT2D eigenvalue weighted by atomic mass is 10.1. The minimum atomic E-state index is -0.255. The first-order valence-corrected chi connectivity index (χ1v) is 7.40. The first kappa shape index (κ1) is 19.0. The lowest BCUT2D eigenvalue weighted by Crippen LogP contribution is -1.95. The number of phenolic OH excluding ortho intramolecular Hbond substituents is 4. The van der Waals surface area contributed by atoms with E-state index in [1.807, 2.05) is 0 Å². The number of phenols is 4. The monoisotopic (exact) mass is 332 g/mol. The molecule has 0 fully saturated rings. The van der Waals surface area contributed by atoms with E-state index >= 15 is 0 Å². The van der Waals surface area contributed by atoms with Crippen molar-refractivity contribution in [3.8, 4) is 23.0 Å². The molecule has 0 aliphatic heterocycles. The van der Waals surface area contributed by atoms with Gasteiger partial charge in [-0.3, -0.25) is 9.59 Å². The molecular weight excluding hydrogens is 312 g/mol. The second-order valence-electron chi connectivity index (χ2n) is 4.96. The number of carbonyl (C=O) groups is 2. The van der Waals surface area contributed by atoms with Gasteiger partial charge < -0.3 is 20.4 Å². The minimum absolute atomic E-state index is 0.0506. The van der Waals surface area contributed by atoms with E-state index in [2.05, 4.69) is 0 Å². The van der Waals surface area contributed by atoms with Crippen molar-refractivity contribution in [3.63, 3.8) is 0 Å². The van der Waals surface area contributed by atoms with Gasteiger partial charge in [0.1, 0.15) is 0 Å². The maximum absolute atomic E-state index is 11.1. The van der Waals surface area contributed by atoms with Crippen LogP contribution in [0, 0.1) is 0 Å². The van der Waals surface area contributed by atoms with Crippen LogP contribution in [0.1, 0.15) is 47.4 Å². The average Bonchev–Trinajstić information content (AvgIpc) is 2.58. The third kappa shape index (κ3) is 5.01. The summed E-state index contributed by atoms with van der Waals surface area (Å²) in [4.78, 5) is 22.2. The summed E-state index contributed by atoms with van der Waals surface area (Å²) in [6.07, 6.45) is 0.786. The molecule has 0 heterocycles. The molecule has 4 N–H and O–H groups in total. The minimum Gasteiger partial charge on any atom is -0.504 e. The van der Waals surface area contributed by atoms with Crippen LogP contribution in [0.4, 0.5) is 0 Å². The van der Waals surface area contributed by atoms with Crippen molar-refractivity contribution < 1.29 is 30.0 Å². The van der Waals surface area contributed by atoms with E-state index in [4.69, 9.17) is 20.4 Å². The second kappa shape index (κ2) is 8.57. The van der Waals surface area contributed by atoms with E-state index in [-0.39, 0.29) is 34.6 Å². The summed E-state index contributed by atoms with van der Waals surface area (Å²) >= 11 is 0. The number of benzene rings is 2. The molecule has 0 unspecified atom stereocenters. The van der Waals surface area contributed by atoms with Crippen LogP contribution in [0.3, 0.4) is 0 Å². The van der Waals surface area contributed by atoms with Gasteiger partial charge in [0.05, 0.1) is 0 Å². The molecule has 128 valence electrons. The van der Waals surface area contributed by atoms with E-state index in [1.54, 1.807) is 13.8 Å². The van der Waals surface area contributed by atoms with Crippen molar-refractivity contribution in [3.05, 3.63) is 47.5 Å². The molecule has 0 saturated heterocycles. The molecule has 0 aliphatic carbocycles. The lowest BCUT2D eigenvalue weighted by Gasteiger charge is -2.00. The summed E-state index contributed by atoms with van der Waals surface area (Å²) in [5, 5.41) is 36.0. The third-order valence-corrected chi connectivity index (χ3v) is 3.24. The topological polar surface area (TPSA) is 115 Å². The van der Waals surface area contributed by atoms with Crippen LogP contribution < -0.4 is 0 Å². The van der Waals surface area contributed by atoms with Crippen LogP contribution in [0.5, 0.6) is 23.0 Å². The molecule has 2 aromatic carbocycles. The molecule has 0 aliphatic rings. The molecule has 6 heteroatoms. The highest BCUT2D eigenvalue weighted by atomic mass is 16.3. The summed E-state index contributed by atoms with van der Waals surface area (Å²) < 4.78 is 0. The summed E-state index contributed by atoms with van der Waals surface area (Å²) in [5.74, 6) is -1.02. The molecule has 0 radical (unpaired) electrons. The van der Waals surface area contributed by atoms with E-state index in [0.717, 1.165) is 0 Å². The summed E-state index contributed by atoms with van der Waals surface area (Å²) in [5.41, 5.74) is 0.848. The first-order chi connectivity index (χ1) is 11.3. The van der Waals surface area contributed by atoms with Gasteiger partial charge in [-0.15, -0.1) is 0 Å². The second-order valence-corrected chi connectivity index (χ2v) is 4.96. The van der Waals surface area contributed by atoms with Crippen molar-refractivity contribution in [2.24, 2.45) is 0 Å². The Balaban J connectivity index is 0.000000240. The highest BCUT2D eigenvalue weighted by molar-refractivity contribution is 5.96. The van der Waals surface area contributed by atoms with Crippen LogP contribution in [0.2, 0.25) is 0 Å². The standard InChI is InChI=1S/2C9H10O3/c2*1-2-7(10)6-3-4-8(11)9(12)5-6/h2*3-5,11-12H,2H2,1H3. The number of rotatable bonds is 4. The molecule has 2 rings (SSSR count). The Morgan fingerprint density at radius 3 is 1.25 bits per heavy atom. The van der Waals surface area contributed by atoms with Gasteiger partial charge in [0.25, 0.3) is 0 Å². The average molecular weight is 332 g/mol. The Morgan fingerprint density at radius 2 is 1.00 bits per heavy atom. The van der Waals surface area contributed by atoms with Crippen LogP contribution >= 0.6 is 0 Å². The Kier molecular flexibility index (Phi) is 6.79. The normalized spacial score (nSPS) is 9.75. The fourth-order valence-electron chi connectivity index (χ4n) is 1.80. The fraction of sp³-hybridized carbons (Fsp3) is 0.222.